The van der Waals surface area contributed by atoms with Crippen LogP contribution in [0.25, 0.3) is 0 Å². The summed E-state index contributed by atoms with van der Waals surface area (Å²) in [6.45, 7) is 4.36. The van der Waals surface area contributed by atoms with Crippen molar-refractivity contribution in [3.63, 3.8) is 0 Å². The van der Waals surface area contributed by atoms with Crippen LogP contribution >= 0.6 is 11.3 Å². The number of thiazole rings is 1. The zero-order valence-corrected chi connectivity index (χ0v) is 13.2. The number of hydrogen-bond donors (Lipinski definition) is 1. The van der Waals surface area contributed by atoms with E-state index in [1.807, 2.05) is 38.1 Å². The average molecular weight is 310 g/mol. The molecule has 0 saturated carbocycles. The molecule has 4 nitrogen and oxygen atoms in total. The third-order valence-corrected chi connectivity index (χ3v) is 5.14. The SMILES string of the molecule is Cc1ccc(CS(=O)(=O)NCCc2ncc(C)s2)cc1. The first-order chi connectivity index (χ1) is 9.44. The lowest BCUT2D eigenvalue weighted by atomic mass is 10.2. The second kappa shape index (κ2) is 6.47. The summed E-state index contributed by atoms with van der Waals surface area (Å²) in [5, 5.41) is 0.959. The van der Waals surface area contributed by atoms with Crippen LogP contribution in [0.4, 0.5) is 0 Å². The maximum atomic E-state index is 12.0. The van der Waals surface area contributed by atoms with Gasteiger partial charge in [-0.2, -0.15) is 0 Å². The number of rotatable bonds is 6. The van der Waals surface area contributed by atoms with Gasteiger partial charge in [-0.05, 0) is 19.4 Å². The lowest BCUT2D eigenvalue weighted by Gasteiger charge is -2.06. The highest BCUT2D eigenvalue weighted by atomic mass is 32.2. The van der Waals surface area contributed by atoms with Crippen molar-refractivity contribution in [3.8, 4) is 0 Å². The third-order valence-electron chi connectivity index (χ3n) is 2.81. The molecule has 0 aliphatic rings. The number of aryl methyl sites for hydroxylation is 2. The maximum absolute atomic E-state index is 12.0. The van der Waals surface area contributed by atoms with E-state index in [1.165, 1.54) is 0 Å². The van der Waals surface area contributed by atoms with Gasteiger partial charge in [0.25, 0.3) is 0 Å². The summed E-state index contributed by atoms with van der Waals surface area (Å²) in [6.07, 6.45) is 2.44. The highest BCUT2D eigenvalue weighted by Crippen LogP contribution is 2.11. The zero-order valence-electron chi connectivity index (χ0n) is 11.6. The number of nitrogens with zero attached hydrogens (tertiary/aromatic N) is 1. The Morgan fingerprint density at radius 2 is 1.90 bits per heavy atom. The van der Waals surface area contributed by atoms with Crippen molar-refractivity contribution >= 4 is 21.4 Å². The van der Waals surface area contributed by atoms with Crippen LogP contribution in [0.3, 0.4) is 0 Å². The number of sulfonamides is 1. The van der Waals surface area contributed by atoms with Gasteiger partial charge in [0.1, 0.15) is 0 Å². The molecule has 1 aromatic heterocycles. The van der Waals surface area contributed by atoms with Gasteiger partial charge in [0, 0.05) is 24.0 Å². The Morgan fingerprint density at radius 3 is 2.50 bits per heavy atom. The van der Waals surface area contributed by atoms with E-state index in [-0.39, 0.29) is 5.75 Å². The van der Waals surface area contributed by atoms with Crippen molar-refractivity contribution in [3.05, 3.63) is 51.5 Å². The highest BCUT2D eigenvalue weighted by molar-refractivity contribution is 7.88. The molecule has 1 heterocycles. The van der Waals surface area contributed by atoms with Crippen molar-refractivity contribution in [1.29, 1.82) is 0 Å². The Balaban J connectivity index is 1.86. The molecule has 2 rings (SSSR count). The van der Waals surface area contributed by atoms with Gasteiger partial charge in [-0.1, -0.05) is 29.8 Å². The lowest BCUT2D eigenvalue weighted by Crippen LogP contribution is -2.27. The predicted octanol–water partition coefficient (Wildman–Crippen LogP) is 2.42. The van der Waals surface area contributed by atoms with E-state index >= 15 is 0 Å². The number of nitrogens with one attached hydrogen (secondary N) is 1. The van der Waals surface area contributed by atoms with Gasteiger partial charge in [0.15, 0.2) is 0 Å². The lowest BCUT2D eigenvalue weighted by molar-refractivity contribution is 0.580. The van der Waals surface area contributed by atoms with Crippen LogP contribution in [0.2, 0.25) is 0 Å². The molecule has 0 saturated heterocycles. The molecular weight excluding hydrogens is 292 g/mol. The van der Waals surface area contributed by atoms with Gasteiger partial charge >= 0.3 is 0 Å². The highest BCUT2D eigenvalue weighted by Gasteiger charge is 2.11. The van der Waals surface area contributed by atoms with Crippen LogP contribution in [0.1, 0.15) is 21.0 Å². The standard InChI is InChI=1S/C14H18N2O2S2/c1-11-3-5-13(6-4-11)10-20(17,18)16-8-7-14-15-9-12(2)19-14/h3-6,9,16H,7-8,10H2,1-2H3. The predicted molar refractivity (Wildman–Crippen MR) is 82.4 cm³/mol. The quantitative estimate of drug-likeness (QED) is 0.891. The molecule has 0 unspecified atom stereocenters. The van der Waals surface area contributed by atoms with Crippen LogP contribution < -0.4 is 4.72 Å². The summed E-state index contributed by atoms with van der Waals surface area (Å²) in [7, 11) is -3.28. The minimum Gasteiger partial charge on any atom is -0.249 e. The van der Waals surface area contributed by atoms with Crippen LogP contribution in [0.15, 0.2) is 30.5 Å². The first-order valence-electron chi connectivity index (χ1n) is 6.39. The first kappa shape index (κ1) is 15.2. The van der Waals surface area contributed by atoms with Gasteiger partial charge in [-0.15, -0.1) is 11.3 Å². The normalized spacial score (nSPS) is 11.7. The maximum Gasteiger partial charge on any atom is 0.215 e. The fraction of sp³-hybridized carbons (Fsp3) is 0.357. The van der Waals surface area contributed by atoms with Crippen molar-refractivity contribution in [1.82, 2.24) is 9.71 Å². The smallest absolute Gasteiger partial charge is 0.215 e. The molecule has 0 bridgehead atoms. The second-order valence-electron chi connectivity index (χ2n) is 4.75. The average Bonchev–Trinajstić information content (AvgIpc) is 2.77. The zero-order chi connectivity index (χ0) is 14.6. The van der Waals surface area contributed by atoms with E-state index in [0.717, 1.165) is 21.0 Å². The summed E-state index contributed by atoms with van der Waals surface area (Å²) >= 11 is 1.60. The summed E-state index contributed by atoms with van der Waals surface area (Å²) in [4.78, 5) is 5.35. The van der Waals surface area contributed by atoms with E-state index in [0.29, 0.717) is 13.0 Å². The monoisotopic (exact) mass is 310 g/mol. The molecule has 0 atom stereocenters. The van der Waals surface area contributed by atoms with Crippen LogP contribution in [-0.4, -0.2) is 19.9 Å². The molecular formula is C14H18N2O2S2. The minimum absolute atomic E-state index is 0.0180. The minimum atomic E-state index is -3.28. The number of hydrogen-bond acceptors (Lipinski definition) is 4. The number of aromatic nitrogens is 1. The Morgan fingerprint density at radius 1 is 1.20 bits per heavy atom. The Kier molecular flexibility index (Phi) is 4.91. The van der Waals surface area contributed by atoms with Crippen molar-refractivity contribution in [2.45, 2.75) is 26.0 Å². The molecule has 1 N–H and O–H groups in total. The number of benzene rings is 1. The molecule has 0 aliphatic carbocycles. The summed E-state index contributed by atoms with van der Waals surface area (Å²) < 4.78 is 26.5. The summed E-state index contributed by atoms with van der Waals surface area (Å²) in [5.41, 5.74) is 1.92. The molecule has 0 spiro atoms. The largest absolute Gasteiger partial charge is 0.249 e. The van der Waals surface area contributed by atoms with Crippen molar-refractivity contribution in [2.75, 3.05) is 6.54 Å². The van der Waals surface area contributed by atoms with Crippen molar-refractivity contribution in [2.24, 2.45) is 0 Å². The van der Waals surface area contributed by atoms with Gasteiger partial charge in [-0.25, -0.2) is 18.1 Å². The van der Waals surface area contributed by atoms with Gasteiger partial charge in [0.05, 0.1) is 10.8 Å². The van der Waals surface area contributed by atoms with Crippen LogP contribution in [-0.2, 0) is 22.2 Å². The molecule has 20 heavy (non-hydrogen) atoms. The van der Waals surface area contributed by atoms with Gasteiger partial charge < -0.3 is 0 Å². The fourth-order valence-corrected chi connectivity index (χ4v) is 3.72. The van der Waals surface area contributed by atoms with E-state index < -0.39 is 10.0 Å². The van der Waals surface area contributed by atoms with Crippen LogP contribution in [0.5, 0.6) is 0 Å². The molecule has 1 aromatic carbocycles. The molecule has 0 aliphatic heterocycles. The molecule has 0 fully saturated rings. The van der Waals surface area contributed by atoms with E-state index in [9.17, 15) is 8.42 Å². The topological polar surface area (TPSA) is 59.1 Å². The van der Waals surface area contributed by atoms with Crippen molar-refractivity contribution < 1.29 is 8.42 Å². The molecule has 6 heteroatoms. The Labute approximate surface area is 123 Å². The Hall–Kier alpha value is -1.24. The molecule has 108 valence electrons. The summed E-state index contributed by atoms with van der Waals surface area (Å²) in [6, 6.07) is 7.53. The second-order valence-corrected chi connectivity index (χ2v) is 7.88. The third kappa shape index (κ3) is 4.70. The molecule has 0 amide bonds. The van der Waals surface area contributed by atoms with Gasteiger partial charge in [-0.3, -0.25) is 0 Å². The first-order valence-corrected chi connectivity index (χ1v) is 8.86. The van der Waals surface area contributed by atoms with E-state index in [4.69, 9.17) is 0 Å². The summed E-state index contributed by atoms with van der Waals surface area (Å²) in [5.74, 6) is 0.0180. The van der Waals surface area contributed by atoms with E-state index in [2.05, 4.69) is 9.71 Å². The van der Waals surface area contributed by atoms with Crippen LogP contribution in [0, 0.1) is 13.8 Å². The Bertz CT molecular complexity index is 661. The van der Waals surface area contributed by atoms with E-state index in [1.54, 1.807) is 17.5 Å². The fourth-order valence-electron chi connectivity index (χ4n) is 1.79. The van der Waals surface area contributed by atoms with Gasteiger partial charge in [0.2, 0.25) is 10.0 Å². The molecule has 2 aromatic rings. The molecule has 0 radical (unpaired) electrons.